The van der Waals surface area contributed by atoms with Gasteiger partial charge in [-0.1, -0.05) is 13.8 Å². The average molecular weight is 288 g/mol. The number of pyridine rings is 1. The largest absolute Gasteiger partial charge is 0.397 e. The van der Waals surface area contributed by atoms with E-state index in [2.05, 4.69) is 40.1 Å². The van der Waals surface area contributed by atoms with Crippen LogP contribution in [0.5, 0.6) is 0 Å². The van der Waals surface area contributed by atoms with Crippen LogP contribution < -0.4 is 11.1 Å². The third-order valence-electron chi connectivity index (χ3n) is 2.43. The van der Waals surface area contributed by atoms with Crippen LogP contribution in [0.4, 0.5) is 11.5 Å². The van der Waals surface area contributed by atoms with Crippen LogP contribution >= 0.6 is 15.9 Å². The maximum Gasteiger partial charge on any atom is 0.140 e. The van der Waals surface area contributed by atoms with Crippen molar-refractivity contribution in [1.29, 1.82) is 0 Å². The van der Waals surface area contributed by atoms with Gasteiger partial charge in [0.1, 0.15) is 5.82 Å². The summed E-state index contributed by atoms with van der Waals surface area (Å²) in [6.45, 7) is 4.39. The topological polar surface area (TPSA) is 71.2 Å². The van der Waals surface area contributed by atoms with E-state index in [-0.39, 0.29) is 12.6 Å². The van der Waals surface area contributed by atoms with Crippen molar-refractivity contribution in [2.24, 2.45) is 5.92 Å². The number of nitrogens with zero attached hydrogens (tertiary/aromatic N) is 1. The molecule has 0 fully saturated rings. The number of hydrogen-bond donors (Lipinski definition) is 3. The summed E-state index contributed by atoms with van der Waals surface area (Å²) in [6.07, 6.45) is 2.32. The third kappa shape index (κ3) is 3.64. The highest BCUT2D eigenvalue weighted by atomic mass is 79.9. The number of anilines is 2. The molecule has 0 aliphatic carbocycles. The Kier molecular flexibility index (Phi) is 5.02. The second kappa shape index (κ2) is 6.06. The maximum atomic E-state index is 8.98. The molecule has 0 saturated carbocycles. The minimum absolute atomic E-state index is 0.169. The first-order chi connectivity index (χ1) is 7.54. The molecule has 0 amide bonds. The van der Waals surface area contributed by atoms with Crippen LogP contribution in [0.3, 0.4) is 0 Å². The Morgan fingerprint density at radius 1 is 1.56 bits per heavy atom. The zero-order valence-corrected chi connectivity index (χ0v) is 11.2. The van der Waals surface area contributed by atoms with Crippen LogP contribution in [-0.2, 0) is 0 Å². The first-order valence-electron chi connectivity index (χ1n) is 5.33. The molecule has 0 saturated heterocycles. The molecule has 4 nitrogen and oxygen atoms in total. The summed E-state index contributed by atoms with van der Waals surface area (Å²) in [7, 11) is 0. The lowest BCUT2D eigenvalue weighted by Gasteiger charge is -2.22. The van der Waals surface area contributed by atoms with E-state index in [1.807, 2.05) is 6.07 Å². The second-order valence-corrected chi connectivity index (χ2v) is 4.96. The van der Waals surface area contributed by atoms with Crippen molar-refractivity contribution in [3.05, 3.63) is 16.7 Å². The number of aliphatic hydroxyl groups excluding tert-OH is 1. The molecule has 1 unspecified atom stereocenters. The van der Waals surface area contributed by atoms with Gasteiger partial charge in [0.2, 0.25) is 0 Å². The molecule has 4 N–H and O–H groups in total. The molecule has 0 aliphatic rings. The molecule has 1 aromatic heterocycles. The molecule has 16 heavy (non-hydrogen) atoms. The van der Waals surface area contributed by atoms with Crippen LogP contribution in [0.15, 0.2) is 16.7 Å². The fourth-order valence-electron chi connectivity index (χ4n) is 1.45. The predicted octanol–water partition coefficient (Wildman–Crippen LogP) is 2.25. The number of rotatable bonds is 5. The Morgan fingerprint density at radius 2 is 2.25 bits per heavy atom. The molecule has 0 aromatic carbocycles. The van der Waals surface area contributed by atoms with Crippen molar-refractivity contribution in [2.75, 3.05) is 17.7 Å². The van der Waals surface area contributed by atoms with Gasteiger partial charge in [-0.15, -0.1) is 0 Å². The van der Waals surface area contributed by atoms with Crippen molar-refractivity contribution in [2.45, 2.75) is 26.3 Å². The molecule has 90 valence electrons. The molecule has 1 rings (SSSR count). The number of nitrogens with one attached hydrogen (secondary N) is 1. The van der Waals surface area contributed by atoms with Crippen LogP contribution in [0.25, 0.3) is 0 Å². The monoisotopic (exact) mass is 287 g/mol. The van der Waals surface area contributed by atoms with Crippen molar-refractivity contribution >= 4 is 27.4 Å². The first kappa shape index (κ1) is 13.3. The summed E-state index contributed by atoms with van der Waals surface area (Å²) in [4.78, 5) is 4.22. The molecule has 0 spiro atoms. The van der Waals surface area contributed by atoms with Crippen molar-refractivity contribution in [1.82, 2.24) is 4.98 Å². The number of aliphatic hydroxyl groups is 1. The molecule has 0 aliphatic heterocycles. The normalized spacial score (nSPS) is 12.8. The highest BCUT2D eigenvalue weighted by Crippen LogP contribution is 2.24. The maximum absolute atomic E-state index is 8.98. The zero-order chi connectivity index (χ0) is 12.1. The molecule has 5 heteroatoms. The van der Waals surface area contributed by atoms with E-state index >= 15 is 0 Å². The van der Waals surface area contributed by atoms with Crippen LogP contribution in [0, 0.1) is 5.92 Å². The molecular weight excluding hydrogens is 270 g/mol. The van der Waals surface area contributed by atoms with Gasteiger partial charge in [0.25, 0.3) is 0 Å². The van der Waals surface area contributed by atoms with Gasteiger partial charge in [-0.2, -0.15) is 0 Å². The van der Waals surface area contributed by atoms with Crippen molar-refractivity contribution < 1.29 is 5.11 Å². The number of nitrogen functional groups attached to an aromatic ring is 1. The molecule has 0 radical (unpaired) electrons. The summed E-state index contributed by atoms with van der Waals surface area (Å²) >= 11 is 3.41. The van der Waals surface area contributed by atoms with Crippen LogP contribution in [0.2, 0.25) is 0 Å². The summed E-state index contributed by atoms with van der Waals surface area (Å²) in [6, 6.07) is 2.02. The first-order valence-corrected chi connectivity index (χ1v) is 6.12. The fourth-order valence-corrected chi connectivity index (χ4v) is 1.93. The molecule has 1 heterocycles. The lowest BCUT2D eigenvalue weighted by Crippen LogP contribution is -2.27. The molecule has 0 bridgehead atoms. The van der Waals surface area contributed by atoms with E-state index in [4.69, 9.17) is 10.8 Å². The standard InChI is InChI=1S/C11H18BrN3O/c1-7(2)10(3-4-16)15-11-9(12)5-8(13)6-14-11/h5-7,10,16H,3-4,13H2,1-2H3,(H,14,15). The highest BCUT2D eigenvalue weighted by molar-refractivity contribution is 9.10. The van der Waals surface area contributed by atoms with Gasteiger partial charge in [-0.3, -0.25) is 0 Å². The van der Waals surface area contributed by atoms with E-state index in [1.54, 1.807) is 6.20 Å². The summed E-state index contributed by atoms with van der Waals surface area (Å²) < 4.78 is 0.844. The van der Waals surface area contributed by atoms with E-state index in [0.29, 0.717) is 18.0 Å². The smallest absolute Gasteiger partial charge is 0.140 e. The number of hydrogen-bond acceptors (Lipinski definition) is 4. The minimum Gasteiger partial charge on any atom is -0.397 e. The average Bonchev–Trinajstić information content (AvgIpc) is 2.20. The van der Waals surface area contributed by atoms with Crippen LogP contribution in [-0.4, -0.2) is 22.7 Å². The van der Waals surface area contributed by atoms with E-state index in [9.17, 15) is 0 Å². The predicted molar refractivity (Wildman–Crippen MR) is 70.3 cm³/mol. The Labute approximate surface area is 104 Å². The molecular formula is C11H18BrN3O. The third-order valence-corrected chi connectivity index (χ3v) is 3.03. The molecule has 1 atom stereocenters. The van der Waals surface area contributed by atoms with Gasteiger partial charge in [0.05, 0.1) is 16.4 Å². The van der Waals surface area contributed by atoms with Crippen molar-refractivity contribution in [3.63, 3.8) is 0 Å². The Hall–Kier alpha value is -0.810. The van der Waals surface area contributed by atoms with E-state index < -0.39 is 0 Å². The quantitative estimate of drug-likeness (QED) is 0.777. The lowest BCUT2D eigenvalue weighted by molar-refractivity contribution is 0.267. The van der Waals surface area contributed by atoms with Gasteiger partial charge in [-0.05, 0) is 34.3 Å². The summed E-state index contributed by atoms with van der Waals surface area (Å²) in [5.74, 6) is 1.19. The van der Waals surface area contributed by atoms with Gasteiger partial charge in [0, 0.05) is 12.6 Å². The van der Waals surface area contributed by atoms with Gasteiger partial charge in [0.15, 0.2) is 0 Å². The lowest BCUT2D eigenvalue weighted by atomic mass is 10.0. The van der Waals surface area contributed by atoms with Gasteiger partial charge < -0.3 is 16.2 Å². The summed E-state index contributed by atoms with van der Waals surface area (Å²) in [5, 5.41) is 12.3. The van der Waals surface area contributed by atoms with Gasteiger partial charge in [-0.25, -0.2) is 4.98 Å². The minimum atomic E-state index is 0.169. The number of nitrogens with two attached hydrogens (primary N) is 1. The second-order valence-electron chi connectivity index (χ2n) is 4.11. The van der Waals surface area contributed by atoms with E-state index in [1.165, 1.54) is 0 Å². The molecule has 1 aromatic rings. The van der Waals surface area contributed by atoms with Crippen molar-refractivity contribution in [3.8, 4) is 0 Å². The Bertz CT molecular complexity index is 344. The number of aromatic nitrogens is 1. The summed E-state index contributed by atoms with van der Waals surface area (Å²) in [5.41, 5.74) is 6.24. The van der Waals surface area contributed by atoms with Gasteiger partial charge >= 0.3 is 0 Å². The van der Waals surface area contributed by atoms with Crippen LogP contribution in [0.1, 0.15) is 20.3 Å². The SMILES string of the molecule is CC(C)C(CCO)Nc1ncc(N)cc1Br. The van der Waals surface area contributed by atoms with E-state index in [0.717, 1.165) is 10.3 Å². The zero-order valence-electron chi connectivity index (χ0n) is 9.57. The fraction of sp³-hybridized carbons (Fsp3) is 0.545. The number of halogens is 1. The Balaban J connectivity index is 2.77. The highest BCUT2D eigenvalue weighted by Gasteiger charge is 2.14. The Morgan fingerprint density at radius 3 is 2.75 bits per heavy atom.